The second kappa shape index (κ2) is 7.21. The number of aliphatic hydroxyl groups is 1. The van der Waals surface area contributed by atoms with Gasteiger partial charge in [-0.05, 0) is 42.8 Å². The fourth-order valence-electron chi connectivity index (χ4n) is 3.98. The van der Waals surface area contributed by atoms with Gasteiger partial charge in [0.1, 0.15) is 5.58 Å². The molecule has 0 bridgehead atoms. The summed E-state index contributed by atoms with van der Waals surface area (Å²) in [4.78, 5) is 13.0. The number of benzene rings is 3. The van der Waals surface area contributed by atoms with E-state index in [-0.39, 0.29) is 29.1 Å². The van der Waals surface area contributed by atoms with Gasteiger partial charge in [-0.1, -0.05) is 18.2 Å². The molecule has 0 amide bonds. The minimum atomic E-state index is -0.761. The topological polar surface area (TPSA) is 98.4 Å². The lowest BCUT2D eigenvalue weighted by molar-refractivity contribution is -0.0122. The van der Waals surface area contributed by atoms with Gasteiger partial charge in [0.25, 0.3) is 0 Å². The van der Waals surface area contributed by atoms with Gasteiger partial charge in [-0.25, -0.2) is 0 Å². The van der Waals surface area contributed by atoms with Crippen LogP contribution in [-0.4, -0.2) is 30.0 Å². The molecule has 1 aliphatic rings. The molecule has 1 aliphatic heterocycles. The van der Waals surface area contributed by atoms with Gasteiger partial charge in [-0.15, -0.1) is 0 Å². The molecule has 0 radical (unpaired) electrons. The first-order chi connectivity index (χ1) is 15.0. The number of hydrogen-bond acceptors (Lipinski definition) is 7. The van der Waals surface area contributed by atoms with E-state index >= 15 is 0 Å². The normalized spacial score (nSPS) is 17.8. The molecule has 7 nitrogen and oxygen atoms in total. The molecule has 1 aromatic heterocycles. The number of aromatic hydroxyl groups is 1. The quantitative estimate of drug-likeness (QED) is 0.486. The smallest absolute Gasteiger partial charge is 0.205 e. The monoisotopic (exact) mass is 420 g/mol. The summed E-state index contributed by atoms with van der Waals surface area (Å²) in [6.07, 6.45) is -1.42. The van der Waals surface area contributed by atoms with Crippen LogP contribution in [0.4, 0.5) is 0 Å². The van der Waals surface area contributed by atoms with E-state index in [0.29, 0.717) is 39.0 Å². The van der Waals surface area contributed by atoms with Crippen LogP contribution in [0.15, 0.2) is 57.7 Å². The van der Waals surface area contributed by atoms with Crippen LogP contribution in [-0.2, 0) is 0 Å². The maximum absolute atomic E-state index is 13.0. The Labute approximate surface area is 177 Å². The molecule has 0 unspecified atom stereocenters. The summed E-state index contributed by atoms with van der Waals surface area (Å²) in [6.45, 7) is 1.49. The lowest BCUT2D eigenvalue weighted by atomic mass is 10.0. The van der Waals surface area contributed by atoms with Gasteiger partial charge in [0, 0.05) is 5.56 Å². The second-order valence-corrected chi connectivity index (χ2v) is 7.46. The Morgan fingerprint density at radius 1 is 1.03 bits per heavy atom. The zero-order chi connectivity index (χ0) is 21.7. The van der Waals surface area contributed by atoms with E-state index < -0.39 is 12.2 Å². The maximum atomic E-state index is 13.0. The first-order valence-electron chi connectivity index (χ1n) is 9.82. The fraction of sp³-hybridized carbons (Fsp3) is 0.208. The first kappa shape index (κ1) is 19.3. The molecule has 2 N–H and O–H groups in total. The highest BCUT2D eigenvalue weighted by Gasteiger charge is 2.36. The van der Waals surface area contributed by atoms with Gasteiger partial charge < -0.3 is 28.8 Å². The van der Waals surface area contributed by atoms with Gasteiger partial charge in [-0.3, -0.25) is 4.79 Å². The van der Waals surface area contributed by atoms with Crippen molar-refractivity contribution in [1.82, 2.24) is 0 Å². The number of aryl methyl sites for hydroxylation is 1. The van der Waals surface area contributed by atoms with Crippen LogP contribution in [0.1, 0.15) is 17.2 Å². The summed E-state index contributed by atoms with van der Waals surface area (Å²) in [5, 5.41) is 20.8. The molecule has 0 saturated heterocycles. The number of phenolic OH excluding ortho intramolecular Hbond substituents is 1. The highest BCUT2D eigenvalue weighted by atomic mass is 16.6. The Morgan fingerprint density at radius 3 is 2.61 bits per heavy atom. The zero-order valence-corrected chi connectivity index (χ0v) is 16.9. The van der Waals surface area contributed by atoms with Gasteiger partial charge in [0.15, 0.2) is 35.0 Å². The third-order valence-corrected chi connectivity index (χ3v) is 5.53. The molecule has 3 aromatic carbocycles. The Balaban J connectivity index is 1.70. The predicted octanol–water partition coefficient (Wildman–Crippen LogP) is 3.84. The number of phenols is 1. The lowest BCUT2D eigenvalue weighted by Gasteiger charge is -2.34. The Morgan fingerprint density at radius 2 is 1.84 bits per heavy atom. The zero-order valence-electron chi connectivity index (χ0n) is 16.9. The molecule has 2 atom stereocenters. The number of fused-ring (bicyclic) bond motifs is 4. The lowest BCUT2D eigenvalue weighted by Crippen LogP contribution is -2.36. The van der Waals surface area contributed by atoms with Crippen molar-refractivity contribution in [2.75, 3.05) is 13.7 Å². The van der Waals surface area contributed by atoms with Crippen molar-refractivity contribution in [3.05, 3.63) is 69.9 Å². The van der Waals surface area contributed by atoms with Crippen LogP contribution < -0.4 is 19.6 Å². The second-order valence-electron chi connectivity index (χ2n) is 7.46. The van der Waals surface area contributed by atoms with E-state index in [1.807, 2.05) is 6.92 Å². The summed E-state index contributed by atoms with van der Waals surface area (Å²) in [5.74, 6) is 1.02. The van der Waals surface area contributed by atoms with Crippen LogP contribution >= 0.6 is 0 Å². The van der Waals surface area contributed by atoms with Gasteiger partial charge in [0.2, 0.25) is 11.2 Å². The maximum Gasteiger partial charge on any atom is 0.205 e. The van der Waals surface area contributed by atoms with E-state index in [1.165, 1.54) is 13.2 Å². The number of para-hydroxylation sites is 1. The first-order valence-corrected chi connectivity index (χ1v) is 9.82. The van der Waals surface area contributed by atoms with E-state index in [9.17, 15) is 15.0 Å². The van der Waals surface area contributed by atoms with E-state index in [2.05, 4.69) is 0 Å². The van der Waals surface area contributed by atoms with Crippen LogP contribution in [0.2, 0.25) is 0 Å². The number of methoxy groups -OCH3 is 1. The van der Waals surface area contributed by atoms with Crippen LogP contribution in [0, 0.1) is 6.92 Å². The molecule has 0 aliphatic carbocycles. The Bertz CT molecular complexity index is 1370. The highest BCUT2D eigenvalue weighted by Crippen LogP contribution is 2.46. The van der Waals surface area contributed by atoms with E-state index in [4.69, 9.17) is 18.6 Å². The van der Waals surface area contributed by atoms with Crippen molar-refractivity contribution in [1.29, 1.82) is 0 Å². The Kier molecular flexibility index (Phi) is 4.48. The molecule has 0 saturated carbocycles. The third kappa shape index (κ3) is 2.97. The average molecular weight is 420 g/mol. The van der Waals surface area contributed by atoms with Crippen molar-refractivity contribution in [2.45, 2.75) is 19.1 Å². The molecule has 5 rings (SSSR count). The minimum absolute atomic E-state index is 0.000227. The number of aliphatic hydroxyl groups excluding tert-OH is 1. The van der Waals surface area contributed by atoms with Crippen molar-refractivity contribution in [2.24, 2.45) is 0 Å². The number of hydrogen-bond donors (Lipinski definition) is 2. The van der Waals surface area contributed by atoms with E-state index in [0.717, 1.165) is 0 Å². The van der Waals surface area contributed by atoms with Crippen molar-refractivity contribution < 1.29 is 28.8 Å². The molecule has 2 heterocycles. The largest absolute Gasteiger partial charge is 0.504 e. The molecule has 4 aromatic rings. The van der Waals surface area contributed by atoms with Gasteiger partial charge >= 0.3 is 0 Å². The molecule has 0 fully saturated rings. The van der Waals surface area contributed by atoms with Crippen LogP contribution in [0.5, 0.6) is 23.0 Å². The fourth-order valence-corrected chi connectivity index (χ4v) is 3.98. The standard InChI is InChI=1S/C24H20O7/c1-12-9-15-20(27)14-5-3-4-6-17(14)29-23(15)24-21(12)31-22(19(11-25)30-24)13-7-8-16(26)18(10-13)28-2/h3-10,19,22,25-26H,11H2,1-2H3/t19-,22-/m1/s1. The van der Waals surface area contributed by atoms with Gasteiger partial charge in [0.05, 0.1) is 24.5 Å². The summed E-state index contributed by atoms with van der Waals surface area (Å²) in [7, 11) is 1.46. The van der Waals surface area contributed by atoms with Gasteiger partial charge in [-0.2, -0.15) is 0 Å². The molecule has 158 valence electrons. The minimum Gasteiger partial charge on any atom is -0.504 e. The summed E-state index contributed by atoms with van der Waals surface area (Å²) in [6, 6.07) is 13.6. The number of ether oxygens (including phenoxy) is 3. The van der Waals surface area contributed by atoms with Crippen molar-refractivity contribution >= 4 is 21.9 Å². The van der Waals surface area contributed by atoms with Crippen LogP contribution in [0.25, 0.3) is 21.9 Å². The Hall–Kier alpha value is -3.71. The third-order valence-electron chi connectivity index (χ3n) is 5.53. The van der Waals surface area contributed by atoms with Crippen molar-refractivity contribution in [3.8, 4) is 23.0 Å². The van der Waals surface area contributed by atoms with E-state index in [1.54, 1.807) is 42.5 Å². The molecular formula is C24H20O7. The molecule has 0 spiro atoms. The van der Waals surface area contributed by atoms with Crippen LogP contribution in [0.3, 0.4) is 0 Å². The predicted molar refractivity (Wildman–Crippen MR) is 114 cm³/mol. The summed E-state index contributed by atoms with van der Waals surface area (Å²) < 4.78 is 23.6. The highest BCUT2D eigenvalue weighted by molar-refractivity contribution is 5.94. The summed E-state index contributed by atoms with van der Waals surface area (Å²) >= 11 is 0. The average Bonchev–Trinajstić information content (AvgIpc) is 2.80. The molecule has 31 heavy (non-hydrogen) atoms. The van der Waals surface area contributed by atoms with Crippen molar-refractivity contribution in [3.63, 3.8) is 0 Å². The molecular weight excluding hydrogens is 400 g/mol. The summed E-state index contributed by atoms with van der Waals surface area (Å²) in [5.41, 5.74) is 1.94. The SMILES string of the molecule is COc1cc([C@H]2Oc3c(C)cc4c(=O)c5ccccc5oc4c3O[C@@H]2CO)ccc1O. The molecule has 7 heteroatoms. The number of rotatable bonds is 3.